The number of fused-ring (bicyclic) bond motifs is 1. The molecule has 0 radical (unpaired) electrons. The van der Waals surface area contributed by atoms with Crippen molar-refractivity contribution in [2.75, 3.05) is 0 Å². The summed E-state index contributed by atoms with van der Waals surface area (Å²) in [6, 6.07) is 19.9. The van der Waals surface area contributed by atoms with Crippen LogP contribution >= 0.6 is 11.6 Å². The Balaban J connectivity index is 2.10. The summed E-state index contributed by atoms with van der Waals surface area (Å²) in [4.78, 5) is 13.1. The smallest absolute Gasteiger partial charge is 0.165 e. The molecule has 0 spiro atoms. The molecule has 2 aromatic carbocycles. The van der Waals surface area contributed by atoms with Crippen molar-refractivity contribution >= 4 is 17.4 Å². The quantitative estimate of drug-likeness (QED) is 0.550. The Morgan fingerprint density at radius 1 is 1.07 bits per heavy atom. The minimum atomic E-state index is -0.121. The van der Waals surface area contributed by atoms with Gasteiger partial charge in [-0.05, 0) is 41.7 Å². The molecule has 0 atom stereocenters. The van der Waals surface area contributed by atoms with Crippen molar-refractivity contribution in [1.82, 2.24) is 4.57 Å². The van der Waals surface area contributed by atoms with Crippen molar-refractivity contribution in [2.24, 2.45) is 5.41 Å². The molecule has 0 saturated carbocycles. The molecule has 1 aliphatic rings. The van der Waals surface area contributed by atoms with Crippen molar-refractivity contribution < 1.29 is 4.79 Å². The predicted octanol–water partition coefficient (Wildman–Crippen LogP) is 6.02. The molecule has 1 aromatic heterocycles. The van der Waals surface area contributed by atoms with Crippen LogP contribution in [0.1, 0.15) is 41.9 Å². The van der Waals surface area contributed by atoms with Gasteiger partial charge in [-0.25, -0.2) is 0 Å². The second kappa shape index (κ2) is 6.96. The number of halogens is 1. The van der Waals surface area contributed by atoms with E-state index in [0.29, 0.717) is 11.4 Å². The van der Waals surface area contributed by atoms with Crippen LogP contribution < -0.4 is 0 Å². The van der Waals surface area contributed by atoms with Gasteiger partial charge in [0.1, 0.15) is 0 Å². The highest BCUT2D eigenvalue weighted by atomic mass is 35.5. The van der Waals surface area contributed by atoms with Gasteiger partial charge in [-0.15, -0.1) is 0 Å². The maximum Gasteiger partial charge on any atom is 0.165 e. The number of rotatable bonds is 3. The molecule has 4 heteroatoms. The van der Waals surface area contributed by atoms with Crippen LogP contribution in [0.3, 0.4) is 0 Å². The molecule has 0 saturated heterocycles. The van der Waals surface area contributed by atoms with Gasteiger partial charge in [0.2, 0.25) is 0 Å². The van der Waals surface area contributed by atoms with Crippen molar-refractivity contribution in [3.63, 3.8) is 0 Å². The van der Waals surface area contributed by atoms with Gasteiger partial charge in [-0.2, -0.15) is 5.26 Å². The second-order valence-electron chi connectivity index (χ2n) is 8.10. The number of ketones is 1. The van der Waals surface area contributed by atoms with Gasteiger partial charge in [-0.3, -0.25) is 4.79 Å². The first-order valence-electron chi connectivity index (χ1n) is 9.39. The molecule has 4 rings (SSSR count). The number of Topliss-reactive ketones (excluding diaryl/α,β-unsaturated/α-hetero) is 1. The molecule has 0 amide bonds. The van der Waals surface area contributed by atoms with Gasteiger partial charge < -0.3 is 4.57 Å². The third-order valence-corrected chi connectivity index (χ3v) is 5.57. The number of aromatic nitrogens is 1. The maximum absolute atomic E-state index is 13.1. The Hall–Kier alpha value is -2.83. The van der Waals surface area contributed by atoms with E-state index in [4.69, 9.17) is 11.6 Å². The molecule has 0 N–H and O–H groups in total. The summed E-state index contributed by atoms with van der Waals surface area (Å²) >= 11 is 6.12. The fraction of sp³-hybridized carbons (Fsp3) is 0.250. The second-order valence-corrected chi connectivity index (χ2v) is 8.54. The highest BCUT2D eigenvalue weighted by Crippen LogP contribution is 2.43. The van der Waals surface area contributed by atoms with Crippen LogP contribution in [-0.2, 0) is 12.8 Å². The lowest BCUT2D eigenvalue weighted by molar-refractivity contribution is 0.0910. The number of carbonyl (C=O) groups is 1. The summed E-state index contributed by atoms with van der Waals surface area (Å²) in [5, 5.41) is 10.2. The van der Waals surface area contributed by atoms with E-state index in [9.17, 15) is 10.1 Å². The van der Waals surface area contributed by atoms with Gasteiger partial charge >= 0.3 is 0 Å². The van der Waals surface area contributed by atoms with Gasteiger partial charge in [0.25, 0.3) is 0 Å². The molecule has 0 aliphatic heterocycles. The lowest BCUT2D eigenvalue weighted by atomic mass is 9.75. The summed E-state index contributed by atoms with van der Waals surface area (Å²) in [6.45, 7) is 4.25. The first-order valence-corrected chi connectivity index (χ1v) is 9.77. The number of benzene rings is 2. The maximum atomic E-state index is 13.1. The molecule has 1 heterocycles. The molecular formula is C24H21ClN2O. The lowest BCUT2D eigenvalue weighted by Crippen LogP contribution is -2.28. The highest BCUT2D eigenvalue weighted by Gasteiger charge is 2.37. The topological polar surface area (TPSA) is 45.8 Å². The van der Waals surface area contributed by atoms with Crippen LogP contribution in [0.5, 0.6) is 0 Å². The average Bonchev–Trinajstić information content (AvgIpc) is 2.96. The Kier molecular flexibility index (Phi) is 4.61. The normalized spacial score (nSPS) is 15.1. The van der Waals surface area contributed by atoms with E-state index in [2.05, 4.69) is 24.5 Å². The standard InChI is InChI=1S/C24H21ClN2O/c1-24(2)14-20-22(21(28)15-24)19(12-13-26)23(16-6-4-3-5-7-16)27(20)18-10-8-17(25)9-11-18/h3-11H,12,14-15H2,1-2H3. The van der Waals surface area contributed by atoms with E-state index in [1.807, 2.05) is 54.6 Å². The first-order chi connectivity index (χ1) is 13.4. The fourth-order valence-corrected chi connectivity index (χ4v) is 4.36. The summed E-state index contributed by atoms with van der Waals surface area (Å²) in [5.41, 5.74) is 5.32. The van der Waals surface area contributed by atoms with E-state index in [1.165, 1.54) is 0 Å². The van der Waals surface area contributed by atoms with Crippen LogP contribution in [0.15, 0.2) is 54.6 Å². The molecule has 140 valence electrons. The van der Waals surface area contributed by atoms with Crippen molar-refractivity contribution in [3.8, 4) is 23.0 Å². The fourth-order valence-electron chi connectivity index (χ4n) is 4.24. The molecule has 28 heavy (non-hydrogen) atoms. The highest BCUT2D eigenvalue weighted by molar-refractivity contribution is 6.30. The summed E-state index contributed by atoms with van der Waals surface area (Å²) in [6.07, 6.45) is 1.48. The van der Waals surface area contributed by atoms with Gasteiger partial charge in [-0.1, -0.05) is 55.8 Å². The Morgan fingerprint density at radius 3 is 2.39 bits per heavy atom. The minimum Gasteiger partial charge on any atom is -0.313 e. The van der Waals surface area contributed by atoms with E-state index < -0.39 is 0 Å². The zero-order valence-corrected chi connectivity index (χ0v) is 16.8. The number of nitrogens with zero attached hydrogens (tertiary/aromatic N) is 2. The summed E-state index contributed by atoms with van der Waals surface area (Å²) < 4.78 is 2.16. The van der Waals surface area contributed by atoms with Crippen LogP contribution in [-0.4, -0.2) is 10.4 Å². The lowest BCUT2D eigenvalue weighted by Gasteiger charge is -2.30. The molecule has 0 bridgehead atoms. The van der Waals surface area contributed by atoms with Crippen LogP contribution in [0.4, 0.5) is 0 Å². The molecule has 0 unspecified atom stereocenters. The van der Waals surface area contributed by atoms with Crippen LogP contribution in [0.25, 0.3) is 16.9 Å². The largest absolute Gasteiger partial charge is 0.313 e. The monoisotopic (exact) mass is 388 g/mol. The van der Waals surface area contributed by atoms with Crippen molar-refractivity contribution in [1.29, 1.82) is 5.26 Å². The summed E-state index contributed by atoms with van der Waals surface area (Å²) in [7, 11) is 0. The number of hydrogen-bond donors (Lipinski definition) is 0. The number of carbonyl (C=O) groups excluding carboxylic acids is 1. The van der Waals surface area contributed by atoms with E-state index in [-0.39, 0.29) is 17.6 Å². The molecular weight excluding hydrogens is 368 g/mol. The Morgan fingerprint density at radius 2 is 1.75 bits per heavy atom. The summed E-state index contributed by atoms with van der Waals surface area (Å²) in [5.74, 6) is 0.126. The van der Waals surface area contributed by atoms with Crippen molar-refractivity contribution in [3.05, 3.63) is 76.4 Å². The third kappa shape index (κ3) is 3.15. The van der Waals surface area contributed by atoms with Crippen LogP contribution in [0, 0.1) is 16.7 Å². The van der Waals surface area contributed by atoms with Gasteiger partial charge in [0.15, 0.2) is 5.78 Å². The zero-order chi connectivity index (χ0) is 19.9. The Labute approximate surface area is 170 Å². The van der Waals surface area contributed by atoms with E-state index in [1.54, 1.807) is 0 Å². The van der Waals surface area contributed by atoms with E-state index in [0.717, 1.165) is 40.2 Å². The van der Waals surface area contributed by atoms with Crippen LogP contribution in [0.2, 0.25) is 5.02 Å². The zero-order valence-electron chi connectivity index (χ0n) is 16.0. The SMILES string of the molecule is CC1(C)CC(=O)c2c(CC#N)c(-c3ccccc3)n(-c3ccc(Cl)cc3)c2C1. The van der Waals surface area contributed by atoms with Gasteiger partial charge in [0, 0.05) is 34.0 Å². The third-order valence-electron chi connectivity index (χ3n) is 5.32. The van der Waals surface area contributed by atoms with Gasteiger partial charge in [0.05, 0.1) is 18.2 Å². The molecule has 3 nitrogen and oxygen atoms in total. The molecule has 0 fully saturated rings. The number of hydrogen-bond acceptors (Lipinski definition) is 2. The predicted molar refractivity (Wildman–Crippen MR) is 112 cm³/mol. The van der Waals surface area contributed by atoms with E-state index >= 15 is 0 Å². The minimum absolute atomic E-state index is 0.121. The van der Waals surface area contributed by atoms with Crippen molar-refractivity contribution in [2.45, 2.75) is 33.1 Å². The average molecular weight is 389 g/mol. The Bertz CT molecular complexity index is 1090. The molecule has 3 aromatic rings. The first kappa shape index (κ1) is 18.5. The molecule has 1 aliphatic carbocycles. The number of nitriles is 1.